The van der Waals surface area contributed by atoms with E-state index < -0.39 is 0 Å². The minimum Gasteiger partial charge on any atom is -0.490 e. The molecule has 0 fully saturated rings. The first-order valence-electron chi connectivity index (χ1n) is 6.90. The fourth-order valence-corrected chi connectivity index (χ4v) is 2.77. The predicted octanol–water partition coefficient (Wildman–Crippen LogP) is 3.54. The number of fused-ring (bicyclic) bond motifs is 1. The first kappa shape index (κ1) is 13.1. The molecule has 1 unspecified atom stereocenters. The van der Waals surface area contributed by atoms with Crippen LogP contribution in [0, 0.1) is 5.82 Å². The second kappa shape index (κ2) is 5.25. The molecule has 104 valence electrons. The molecular weight excluding hydrogens is 253 g/mol. The summed E-state index contributed by atoms with van der Waals surface area (Å²) in [6.45, 7) is 2.72. The third kappa shape index (κ3) is 2.41. The summed E-state index contributed by atoms with van der Waals surface area (Å²) in [5.74, 6) is 0.774. The molecule has 0 aromatic heterocycles. The average molecular weight is 271 g/mol. The molecule has 0 saturated carbocycles. The van der Waals surface area contributed by atoms with Gasteiger partial charge in [0, 0.05) is 13.0 Å². The Bertz CT molecular complexity index is 639. The second-order valence-electron chi connectivity index (χ2n) is 5.29. The topological polar surface area (TPSA) is 21.3 Å². The minimum absolute atomic E-state index is 0.197. The first-order valence-corrected chi connectivity index (χ1v) is 6.90. The summed E-state index contributed by atoms with van der Waals surface area (Å²) in [7, 11) is 1.87. The molecule has 2 aromatic rings. The van der Waals surface area contributed by atoms with E-state index in [2.05, 4.69) is 18.3 Å². The molecule has 2 aromatic carbocycles. The number of benzene rings is 2. The normalized spacial score (nSPS) is 16.9. The predicted molar refractivity (Wildman–Crippen MR) is 78.4 cm³/mol. The van der Waals surface area contributed by atoms with Gasteiger partial charge >= 0.3 is 0 Å². The standard InChI is InChI=1S/C17H18FNO/c1-11-7-13-8-12(3-6-17(13)20-11)16-5-4-15(18)9-14(16)10-19-2/h3-6,8-9,11,19H,7,10H2,1-2H3. The van der Waals surface area contributed by atoms with Gasteiger partial charge in [-0.15, -0.1) is 0 Å². The molecule has 20 heavy (non-hydrogen) atoms. The lowest BCUT2D eigenvalue weighted by Crippen LogP contribution is -2.06. The van der Waals surface area contributed by atoms with E-state index in [1.807, 2.05) is 25.2 Å². The maximum absolute atomic E-state index is 13.4. The van der Waals surface area contributed by atoms with Gasteiger partial charge in [0.25, 0.3) is 0 Å². The monoisotopic (exact) mass is 271 g/mol. The molecule has 3 rings (SSSR count). The molecule has 2 nitrogen and oxygen atoms in total. The third-order valence-corrected chi connectivity index (χ3v) is 3.64. The molecule has 0 radical (unpaired) electrons. The van der Waals surface area contributed by atoms with Crippen molar-refractivity contribution in [2.45, 2.75) is 26.0 Å². The zero-order valence-electron chi connectivity index (χ0n) is 11.7. The smallest absolute Gasteiger partial charge is 0.123 e. The van der Waals surface area contributed by atoms with Crippen molar-refractivity contribution in [2.24, 2.45) is 0 Å². The lowest BCUT2D eigenvalue weighted by atomic mass is 9.97. The van der Waals surface area contributed by atoms with Crippen molar-refractivity contribution in [3.63, 3.8) is 0 Å². The van der Waals surface area contributed by atoms with Crippen LogP contribution in [0.4, 0.5) is 4.39 Å². The summed E-state index contributed by atoms with van der Waals surface area (Å²) < 4.78 is 19.1. The molecule has 1 atom stereocenters. The van der Waals surface area contributed by atoms with Crippen LogP contribution in [0.2, 0.25) is 0 Å². The van der Waals surface area contributed by atoms with Crippen molar-refractivity contribution in [3.05, 3.63) is 53.3 Å². The molecule has 1 aliphatic heterocycles. The van der Waals surface area contributed by atoms with Crippen molar-refractivity contribution in [3.8, 4) is 16.9 Å². The summed E-state index contributed by atoms with van der Waals surface area (Å²) in [4.78, 5) is 0. The third-order valence-electron chi connectivity index (χ3n) is 3.64. The molecule has 0 saturated heterocycles. The number of nitrogens with one attached hydrogen (secondary N) is 1. The summed E-state index contributed by atoms with van der Waals surface area (Å²) >= 11 is 0. The summed E-state index contributed by atoms with van der Waals surface area (Å²) in [5, 5.41) is 3.09. The van der Waals surface area contributed by atoms with Crippen molar-refractivity contribution in [2.75, 3.05) is 7.05 Å². The molecule has 3 heteroatoms. The molecule has 0 bridgehead atoms. The Morgan fingerprint density at radius 3 is 2.90 bits per heavy atom. The Morgan fingerprint density at radius 2 is 2.10 bits per heavy atom. The summed E-state index contributed by atoms with van der Waals surface area (Å²) in [5.41, 5.74) is 4.39. The van der Waals surface area contributed by atoms with Gasteiger partial charge in [0.2, 0.25) is 0 Å². The SMILES string of the molecule is CNCc1cc(F)ccc1-c1ccc2c(c1)CC(C)O2. The van der Waals surface area contributed by atoms with Crippen LogP contribution in [-0.2, 0) is 13.0 Å². The van der Waals surface area contributed by atoms with Crippen LogP contribution in [0.5, 0.6) is 5.75 Å². The molecule has 0 spiro atoms. The number of hydrogen-bond acceptors (Lipinski definition) is 2. The highest BCUT2D eigenvalue weighted by molar-refractivity contribution is 5.69. The van der Waals surface area contributed by atoms with E-state index in [-0.39, 0.29) is 11.9 Å². The van der Waals surface area contributed by atoms with E-state index in [0.29, 0.717) is 6.54 Å². The number of rotatable bonds is 3. The van der Waals surface area contributed by atoms with E-state index in [4.69, 9.17) is 4.74 Å². The fourth-order valence-electron chi connectivity index (χ4n) is 2.77. The van der Waals surface area contributed by atoms with E-state index in [1.165, 1.54) is 11.6 Å². The molecule has 0 amide bonds. The molecule has 1 aliphatic rings. The Kier molecular flexibility index (Phi) is 3.45. The van der Waals surface area contributed by atoms with Crippen molar-refractivity contribution < 1.29 is 9.13 Å². The summed E-state index contributed by atoms with van der Waals surface area (Å²) in [6.07, 6.45) is 1.18. The van der Waals surface area contributed by atoms with Crippen molar-refractivity contribution in [1.82, 2.24) is 5.32 Å². The van der Waals surface area contributed by atoms with Gasteiger partial charge in [-0.25, -0.2) is 4.39 Å². The van der Waals surface area contributed by atoms with Gasteiger partial charge in [0.05, 0.1) is 0 Å². The van der Waals surface area contributed by atoms with Gasteiger partial charge < -0.3 is 10.1 Å². The van der Waals surface area contributed by atoms with Gasteiger partial charge in [-0.3, -0.25) is 0 Å². The fraction of sp³-hybridized carbons (Fsp3) is 0.294. The van der Waals surface area contributed by atoms with Crippen LogP contribution in [0.25, 0.3) is 11.1 Å². The average Bonchev–Trinajstić information content (AvgIpc) is 2.78. The zero-order valence-corrected chi connectivity index (χ0v) is 11.7. The quantitative estimate of drug-likeness (QED) is 0.922. The Balaban J connectivity index is 2.03. The first-order chi connectivity index (χ1) is 9.67. The molecule has 1 heterocycles. The second-order valence-corrected chi connectivity index (χ2v) is 5.29. The van der Waals surface area contributed by atoms with Gasteiger partial charge in [0.1, 0.15) is 17.7 Å². The van der Waals surface area contributed by atoms with Gasteiger partial charge in [-0.1, -0.05) is 12.1 Å². The number of hydrogen-bond donors (Lipinski definition) is 1. The number of ether oxygens (including phenoxy) is 1. The number of halogens is 1. The largest absolute Gasteiger partial charge is 0.490 e. The highest BCUT2D eigenvalue weighted by Crippen LogP contribution is 2.34. The lowest BCUT2D eigenvalue weighted by Gasteiger charge is -2.11. The van der Waals surface area contributed by atoms with Crippen LogP contribution >= 0.6 is 0 Å². The minimum atomic E-state index is -0.197. The van der Waals surface area contributed by atoms with Crippen LogP contribution in [0.1, 0.15) is 18.1 Å². The Morgan fingerprint density at radius 1 is 1.25 bits per heavy atom. The van der Waals surface area contributed by atoms with E-state index >= 15 is 0 Å². The molecule has 0 aliphatic carbocycles. The Hall–Kier alpha value is -1.87. The Labute approximate surface area is 118 Å². The maximum atomic E-state index is 13.4. The maximum Gasteiger partial charge on any atom is 0.123 e. The summed E-state index contributed by atoms with van der Waals surface area (Å²) in [6, 6.07) is 11.2. The molecular formula is C17H18FNO. The van der Waals surface area contributed by atoms with Gasteiger partial charge in [-0.2, -0.15) is 0 Å². The molecule has 1 N–H and O–H groups in total. The van der Waals surface area contributed by atoms with E-state index in [0.717, 1.165) is 28.9 Å². The van der Waals surface area contributed by atoms with Gasteiger partial charge in [0.15, 0.2) is 0 Å². The van der Waals surface area contributed by atoms with Gasteiger partial charge in [-0.05, 0) is 60.5 Å². The zero-order chi connectivity index (χ0) is 14.1. The van der Waals surface area contributed by atoms with Crippen LogP contribution in [0.3, 0.4) is 0 Å². The van der Waals surface area contributed by atoms with Crippen LogP contribution in [0.15, 0.2) is 36.4 Å². The van der Waals surface area contributed by atoms with E-state index in [1.54, 1.807) is 6.07 Å². The highest BCUT2D eigenvalue weighted by Gasteiger charge is 2.19. The van der Waals surface area contributed by atoms with Crippen LogP contribution < -0.4 is 10.1 Å². The van der Waals surface area contributed by atoms with E-state index in [9.17, 15) is 4.39 Å². The lowest BCUT2D eigenvalue weighted by molar-refractivity contribution is 0.254. The van der Waals surface area contributed by atoms with Crippen molar-refractivity contribution >= 4 is 0 Å². The highest BCUT2D eigenvalue weighted by atomic mass is 19.1. The van der Waals surface area contributed by atoms with Crippen LogP contribution in [-0.4, -0.2) is 13.2 Å². The van der Waals surface area contributed by atoms with Crippen molar-refractivity contribution in [1.29, 1.82) is 0 Å².